The minimum Gasteiger partial charge on any atom is -0.379 e. The van der Waals surface area contributed by atoms with Crippen molar-refractivity contribution in [3.8, 4) is 0 Å². The molecule has 1 aromatic rings. The van der Waals surface area contributed by atoms with Crippen molar-refractivity contribution in [1.82, 2.24) is 0 Å². The van der Waals surface area contributed by atoms with E-state index in [-0.39, 0.29) is 0 Å². The van der Waals surface area contributed by atoms with Gasteiger partial charge in [0.25, 0.3) is 0 Å². The molecule has 3 heteroatoms. The van der Waals surface area contributed by atoms with Gasteiger partial charge in [0, 0.05) is 11.4 Å². The van der Waals surface area contributed by atoms with Crippen molar-refractivity contribution < 1.29 is 4.74 Å². The number of nitrogens with two attached hydrogens (primary N) is 1. The zero-order chi connectivity index (χ0) is 10.5. The Morgan fingerprint density at radius 1 is 1.40 bits per heavy atom. The Labute approximate surface area is 94.5 Å². The molecule has 0 spiro atoms. The molecule has 0 amide bonds. The van der Waals surface area contributed by atoms with E-state index in [9.17, 15) is 0 Å². The van der Waals surface area contributed by atoms with E-state index in [1.54, 1.807) is 0 Å². The molecule has 0 atom stereocenters. The van der Waals surface area contributed by atoms with Gasteiger partial charge in [-0.25, -0.2) is 0 Å². The minimum absolute atomic E-state index is 0.589. The standard InChI is InChI=1S/C12H15NOS/c13-7-3-5-10-4-1-2-6-12(10)15-11-8-14-9-11/h1-6,11H,7-9,13H2/b5-3+. The highest BCUT2D eigenvalue weighted by atomic mass is 32.2. The molecule has 2 N–H and O–H groups in total. The Morgan fingerprint density at radius 2 is 2.20 bits per heavy atom. The lowest BCUT2D eigenvalue weighted by molar-refractivity contribution is 0.0455. The lowest BCUT2D eigenvalue weighted by atomic mass is 10.2. The summed E-state index contributed by atoms with van der Waals surface area (Å²) in [6.07, 6.45) is 4.07. The van der Waals surface area contributed by atoms with Gasteiger partial charge >= 0.3 is 0 Å². The van der Waals surface area contributed by atoms with Gasteiger partial charge in [0.2, 0.25) is 0 Å². The first-order chi connectivity index (χ1) is 7.40. The molecule has 15 heavy (non-hydrogen) atoms. The fraction of sp³-hybridized carbons (Fsp3) is 0.333. The third kappa shape index (κ3) is 2.84. The van der Waals surface area contributed by atoms with E-state index in [0.717, 1.165) is 13.2 Å². The Morgan fingerprint density at radius 3 is 2.87 bits per heavy atom. The third-order valence-corrected chi connectivity index (χ3v) is 3.48. The molecule has 0 saturated carbocycles. The quantitative estimate of drug-likeness (QED) is 0.846. The first-order valence-electron chi connectivity index (χ1n) is 5.10. The molecule has 0 radical (unpaired) electrons. The zero-order valence-electron chi connectivity index (χ0n) is 8.56. The maximum Gasteiger partial charge on any atom is 0.0611 e. The lowest BCUT2D eigenvalue weighted by Gasteiger charge is -2.25. The average molecular weight is 221 g/mol. The second-order valence-electron chi connectivity index (χ2n) is 3.45. The second-order valence-corrected chi connectivity index (χ2v) is 4.80. The molecule has 0 aromatic heterocycles. The SMILES string of the molecule is NC/C=C/c1ccccc1SC1COC1. The maximum atomic E-state index is 5.45. The highest BCUT2D eigenvalue weighted by molar-refractivity contribution is 8.00. The van der Waals surface area contributed by atoms with Gasteiger partial charge in [-0.1, -0.05) is 30.4 Å². The highest BCUT2D eigenvalue weighted by Gasteiger charge is 2.20. The zero-order valence-corrected chi connectivity index (χ0v) is 9.37. The summed E-state index contributed by atoms with van der Waals surface area (Å²) in [6.45, 7) is 2.34. The molecular weight excluding hydrogens is 206 g/mol. The maximum absolute atomic E-state index is 5.45. The van der Waals surface area contributed by atoms with Crippen LogP contribution in [0.5, 0.6) is 0 Å². The second kappa shape index (κ2) is 5.35. The van der Waals surface area contributed by atoms with Crippen LogP contribution in [0.3, 0.4) is 0 Å². The van der Waals surface area contributed by atoms with E-state index in [4.69, 9.17) is 10.5 Å². The third-order valence-electron chi connectivity index (χ3n) is 2.25. The van der Waals surface area contributed by atoms with Crippen LogP contribution >= 0.6 is 11.8 Å². The van der Waals surface area contributed by atoms with Crippen molar-refractivity contribution >= 4 is 17.8 Å². The Bertz CT molecular complexity index is 347. The van der Waals surface area contributed by atoms with Gasteiger partial charge in [0.05, 0.1) is 18.5 Å². The summed E-state index contributed by atoms with van der Waals surface area (Å²) < 4.78 is 5.17. The summed E-state index contributed by atoms with van der Waals surface area (Å²) in [5.41, 5.74) is 6.70. The van der Waals surface area contributed by atoms with Gasteiger partial charge in [-0.15, -0.1) is 11.8 Å². The van der Waals surface area contributed by atoms with Crippen molar-refractivity contribution in [3.63, 3.8) is 0 Å². The van der Waals surface area contributed by atoms with Crippen LogP contribution in [-0.4, -0.2) is 25.0 Å². The van der Waals surface area contributed by atoms with Crippen molar-refractivity contribution in [1.29, 1.82) is 0 Å². The monoisotopic (exact) mass is 221 g/mol. The number of hydrogen-bond donors (Lipinski definition) is 1. The van der Waals surface area contributed by atoms with Gasteiger partial charge in [0.15, 0.2) is 0 Å². The molecule has 80 valence electrons. The van der Waals surface area contributed by atoms with Gasteiger partial charge in [-0.3, -0.25) is 0 Å². The first kappa shape index (κ1) is 10.7. The number of benzene rings is 1. The lowest BCUT2D eigenvalue weighted by Crippen LogP contribution is -2.30. The molecule has 0 aliphatic carbocycles. The predicted octanol–water partition coefficient (Wildman–Crippen LogP) is 2.15. The van der Waals surface area contributed by atoms with E-state index in [1.165, 1.54) is 10.5 Å². The van der Waals surface area contributed by atoms with Crippen molar-refractivity contribution in [2.24, 2.45) is 5.73 Å². The topological polar surface area (TPSA) is 35.2 Å². The predicted molar refractivity (Wildman–Crippen MR) is 65.0 cm³/mol. The van der Waals surface area contributed by atoms with Crippen molar-refractivity contribution in [2.45, 2.75) is 10.1 Å². The van der Waals surface area contributed by atoms with Gasteiger partial charge in [-0.05, 0) is 11.6 Å². The first-order valence-corrected chi connectivity index (χ1v) is 5.98. The van der Waals surface area contributed by atoms with Gasteiger partial charge in [-0.2, -0.15) is 0 Å². The van der Waals surface area contributed by atoms with Crippen LogP contribution in [0.2, 0.25) is 0 Å². The van der Waals surface area contributed by atoms with Crippen LogP contribution in [0, 0.1) is 0 Å². The number of thioether (sulfide) groups is 1. The van der Waals surface area contributed by atoms with Crippen molar-refractivity contribution in [3.05, 3.63) is 35.9 Å². The van der Waals surface area contributed by atoms with Crippen LogP contribution in [-0.2, 0) is 4.74 Å². The number of rotatable bonds is 4. The molecule has 1 aliphatic rings. The largest absolute Gasteiger partial charge is 0.379 e. The minimum atomic E-state index is 0.589. The van der Waals surface area contributed by atoms with E-state index in [2.05, 4.69) is 30.3 Å². The van der Waals surface area contributed by atoms with E-state index < -0.39 is 0 Å². The Kier molecular flexibility index (Phi) is 3.83. The Balaban J connectivity index is 2.09. The fourth-order valence-electron chi connectivity index (χ4n) is 1.38. The average Bonchev–Trinajstić information content (AvgIpc) is 2.22. The van der Waals surface area contributed by atoms with Crippen LogP contribution in [0.15, 0.2) is 35.2 Å². The van der Waals surface area contributed by atoms with E-state index in [1.807, 2.05) is 17.8 Å². The van der Waals surface area contributed by atoms with Crippen LogP contribution < -0.4 is 5.73 Å². The summed E-state index contributed by atoms with van der Waals surface area (Å²) >= 11 is 1.89. The molecule has 1 aromatic carbocycles. The summed E-state index contributed by atoms with van der Waals surface area (Å²) in [5.74, 6) is 0. The molecule has 1 heterocycles. The van der Waals surface area contributed by atoms with Crippen LogP contribution in [0.1, 0.15) is 5.56 Å². The molecule has 0 unspecified atom stereocenters. The van der Waals surface area contributed by atoms with Crippen LogP contribution in [0.25, 0.3) is 6.08 Å². The van der Waals surface area contributed by atoms with Crippen LogP contribution in [0.4, 0.5) is 0 Å². The van der Waals surface area contributed by atoms with Gasteiger partial charge < -0.3 is 10.5 Å². The molecule has 1 saturated heterocycles. The molecule has 2 rings (SSSR count). The molecule has 1 aliphatic heterocycles. The smallest absolute Gasteiger partial charge is 0.0611 e. The molecule has 2 nitrogen and oxygen atoms in total. The summed E-state index contributed by atoms with van der Waals surface area (Å²) in [7, 11) is 0. The van der Waals surface area contributed by atoms with Crippen molar-refractivity contribution in [2.75, 3.05) is 19.8 Å². The summed E-state index contributed by atoms with van der Waals surface area (Å²) in [6, 6.07) is 8.40. The van der Waals surface area contributed by atoms with E-state index in [0.29, 0.717) is 11.8 Å². The van der Waals surface area contributed by atoms with E-state index >= 15 is 0 Å². The molecule has 1 fully saturated rings. The molecular formula is C12H15NOS. The highest BCUT2D eigenvalue weighted by Crippen LogP contribution is 2.31. The van der Waals surface area contributed by atoms with Gasteiger partial charge in [0.1, 0.15) is 0 Å². The Hall–Kier alpha value is -0.770. The summed E-state index contributed by atoms with van der Waals surface area (Å²) in [4.78, 5) is 1.32. The molecule has 0 bridgehead atoms. The normalized spacial score (nSPS) is 16.9. The number of hydrogen-bond acceptors (Lipinski definition) is 3. The number of ether oxygens (including phenoxy) is 1. The summed E-state index contributed by atoms with van der Waals surface area (Å²) in [5, 5.41) is 0.623. The fourth-order valence-corrected chi connectivity index (χ4v) is 2.50.